The van der Waals surface area contributed by atoms with Crippen LogP contribution in [0.2, 0.25) is 0 Å². The van der Waals surface area contributed by atoms with E-state index in [0.29, 0.717) is 12.8 Å². The maximum absolute atomic E-state index is 12.0. The molecule has 1 amide bonds. The van der Waals surface area contributed by atoms with Crippen molar-refractivity contribution in [2.75, 3.05) is 5.75 Å². The van der Waals surface area contributed by atoms with Crippen molar-refractivity contribution in [3.63, 3.8) is 0 Å². The number of piperidine rings is 1. The molecule has 0 radical (unpaired) electrons. The first-order chi connectivity index (χ1) is 7.61. The number of amides is 1. The van der Waals surface area contributed by atoms with E-state index >= 15 is 0 Å². The van der Waals surface area contributed by atoms with E-state index in [1.54, 1.807) is 11.8 Å². The molecule has 2 rings (SSSR count). The van der Waals surface area contributed by atoms with Gasteiger partial charge in [-0.3, -0.25) is 4.79 Å². The molecule has 0 bridgehead atoms. The lowest BCUT2D eigenvalue weighted by Crippen LogP contribution is -2.55. The average molecular weight is 244 g/mol. The van der Waals surface area contributed by atoms with Gasteiger partial charge in [-0.25, -0.2) is 4.79 Å². The molecule has 6 heteroatoms. The van der Waals surface area contributed by atoms with E-state index in [9.17, 15) is 9.59 Å². The van der Waals surface area contributed by atoms with E-state index in [1.807, 2.05) is 0 Å². The van der Waals surface area contributed by atoms with Crippen molar-refractivity contribution in [1.82, 2.24) is 4.90 Å². The molecule has 3 atom stereocenters. The number of rotatable bonds is 1. The zero-order valence-electron chi connectivity index (χ0n) is 8.96. The maximum atomic E-state index is 12.0. The molecule has 90 valence electrons. The Morgan fingerprint density at radius 1 is 1.44 bits per heavy atom. The van der Waals surface area contributed by atoms with Crippen LogP contribution in [0.5, 0.6) is 0 Å². The number of carbonyl (C=O) groups excluding carboxylic acids is 1. The zero-order valence-corrected chi connectivity index (χ0v) is 9.78. The van der Waals surface area contributed by atoms with Crippen LogP contribution in [0.4, 0.5) is 0 Å². The van der Waals surface area contributed by atoms with Crippen LogP contribution in [0.1, 0.15) is 25.7 Å². The summed E-state index contributed by atoms with van der Waals surface area (Å²) in [5.41, 5.74) is 5.75. The summed E-state index contributed by atoms with van der Waals surface area (Å²) in [7, 11) is 0. The Balaban J connectivity index is 2.25. The van der Waals surface area contributed by atoms with Gasteiger partial charge in [0.05, 0.1) is 11.4 Å². The Hall–Kier alpha value is -0.750. The SMILES string of the molecule is NC1CCSC2CCCC(C(=O)O)N2C1=O. The van der Waals surface area contributed by atoms with Crippen LogP contribution in [0, 0.1) is 0 Å². The highest BCUT2D eigenvalue weighted by Gasteiger charge is 2.41. The number of hydrogen-bond donors (Lipinski definition) is 2. The number of nitrogens with two attached hydrogens (primary N) is 1. The standard InChI is InChI=1S/C10H16N2O3S/c11-6-4-5-16-8-3-1-2-7(10(14)15)12(8)9(6)13/h6-8H,1-5,11H2,(H,14,15). The molecule has 2 heterocycles. The van der Waals surface area contributed by atoms with Gasteiger partial charge >= 0.3 is 5.97 Å². The van der Waals surface area contributed by atoms with Crippen LogP contribution in [-0.4, -0.2) is 45.1 Å². The third-order valence-electron chi connectivity index (χ3n) is 3.17. The summed E-state index contributed by atoms with van der Waals surface area (Å²) < 4.78 is 0. The summed E-state index contributed by atoms with van der Waals surface area (Å²) in [4.78, 5) is 24.7. The van der Waals surface area contributed by atoms with Crippen molar-refractivity contribution >= 4 is 23.6 Å². The Labute approximate surface area is 98.4 Å². The molecule has 2 saturated heterocycles. The predicted molar refractivity (Wildman–Crippen MR) is 61.0 cm³/mol. The minimum atomic E-state index is -0.909. The number of aliphatic carboxylic acids is 1. The summed E-state index contributed by atoms with van der Waals surface area (Å²) in [6, 6.07) is -1.21. The number of carboxylic acids is 1. The first-order valence-electron chi connectivity index (χ1n) is 5.53. The molecule has 0 spiro atoms. The fourth-order valence-electron chi connectivity index (χ4n) is 2.31. The second-order valence-electron chi connectivity index (χ2n) is 4.25. The summed E-state index contributed by atoms with van der Waals surface area (Å²) >= 11 is 1.66. The molecule has 2 fully saturated rings. The molecule has 3 N–H and O–H groups in total. The van der Waals surface area contributed by atoms with Crippen molar-refractivity contribution in [3.05, 3.63) is 0 Å². The Morgan fingerprint density at radius 3 is 2.88 bits per heavy atom. The summed E-state index contributed by atoms with van der Waals surface area (Å²) in [6.07, 6.45) is 2.94. The molecule has 5 nitrogen and oxygen atoms in total. The van der Waals surface area contributed by atoms with Crippen LogP contribution in [0.25, 0.3) is 0 Å². The number of fused-ring (bicyclic) bond motifs is 1. The lowest BCUT2D eigenvalue weighted by Gasteiger charge is -2.39. The number of carboxylic acid groups (broad SMARTS) is 1. The van der Waals surface area contributed by atoms with E-state index in [4.69, 9.17) is 10.8 Å². The smallest absolute Gasteiger partial charge is 0.326 e. The van der Waals surface area contributed by atoms with Gasteiger partial charge in [0.15, 0.2) is 0 Å². The number of thioether (sulfide) groups is 1. The van der Waals surface area contributed by atoms with Gasteiger partial charge in [0, 0.05) is 0 Å². The fourth-order valence-corrected chi connectivity index (χ4v) is 3.72. The molecule has 16 heavy (non-hydrogen) atoms. The minimum absolute atomic E-state index is 0.0101. The molecule has 3 unspecified atom stereocenters. The lowest BCUT2D eigenvalue weighted by molar-refractivity contribution is -0.153. The van der Waals surface area contributed by atoms with Crippen LogP contribution in [0.15, 0.2) is 0 Å². The Bertz CT molecular complexity index is 310. The van der Waals surface area contributed by atoms with E-state index in [1.165, 1.54) is 4.90 Å². The van der Waals surface area contributed by atoms with Crippen LogP contribution in [0.3, 0.4) is 0 Å². The topological polar surface area (TPSA) is 83.6 Å². The monoisotopic (exact) mass is 244 g/mol. The van der Waals surface area contributed by atoms with Gasteiger partial charge in [-0.1, -0.05) is 0 Å². The Morgan fingerprint density at radius 2 is 2.19 bits per heavy atom. The average Bonchev–Trinajstić information content (AvgIpc) is 2.40. The summed E-state index contributed by atoms with van der Waals surface area (Å²) in [5, 5.41) is 9.14. The first kappa shape index (κ1) is 11.7. The second-order valence-corrected chi connectivity index (χ2v) is 5.54. The van der Waals surface area contributed by atoms with Crippen LogP contribution < -0.4 is 5.73 Å². The van der Waals surface area contributed by atoms with Gasteiger partial charge in [-0.05, 0) is 31.4 Å². The zero-order chi connectivity index (χ0) is 11.7. The van der Waals surface area contributed by atoms with Gasteiger partial charge in [-0.2, -0.15) is 0 Å². The lowest BCUT2D eigenvalue weighted by atomic mass is 10.0. The Kier molecular flexibility index (Phi) is 3.39. The fraction of sp³-hybridized carbons (Fsp3) is 0.800. The van der Waals surface area contributed by atoms with E-state index in [2.05, 4.69) is 0 Å². The van der Waals surface area contributed by atoms with Gasteiger partial charge < -0.3 is 15.7 Å². The predicted octanol–water partition coefficient (Wildman–Crippen LogP) is 0.242. The third-order valence-corrected chi connectivity index (χ3v) is 4.49. The molecule has 0 aromatic heterocycles. The highest BCUT2D eigenvalue weighted by atomic mass is 32.2. The van der Waals surface area contributed by atoms with Crippen molar-refractivity contribution in [2.45, 2.75) is 43.1 Å². The highest BCUT2D eigenvalue weighted by Crippen LogP contribution is 2.33. The molecule has 0 saturated carbocycles. The largest absolute Gasteiger partial charge is 0.480 e. The number of carbonyl (C=O) groups is 2. The van der Waals surface area contributed by atoms with Crippen molar-refractivity contribution in [2.24, 2.45) is 5.73 Å². The van der Waals surface area contributed by atoms with E-state index in [0.717, 1.165) is 18.6 Å². The molecule has 2 aliphatic rings. The van der Waals surface area contributed by atoms with Gasteiger partial charge in [0.25, 0.3) is 0 Å². The molecular formula is C10H16N2O3S. The van der Waals surface area contributed by atoms with Crippen LogP contribution >= 0.6 is 11.8 Å². The normalized spacial score (nSPS) is 35.4. The summed E-state index contributed by atoms with van der Waals surface area (Å²) in [5.74, 6) is -0.268. The number of hydrogen-bond acceptors (Lipinski definition) is 4. The molecule has 0 aliphatic carbocycles. The van der Waals surface area contributed by atoms with E-state index in [-0.39, 0.29) is 11.3 Å². The minimum Gasteiger partial charge on any atom is -0.480 e. The maximum Gasteiger partial charge on any atom is 0.326 e. The summed E-state index contributed by atoms with van der Waals surface area (Å²) in [6.45, 7) is 0. The quantitative estimate of drug-likeness (QED) is 0.690. The molecule has 2 aliphatic heterocycles. The van der Waals surface area contributed by atoms with Gasteiger partial charge in [0.2, 0.25) is 5.91 Å². The highest BCUT2D eigenvalue weighted by molar-refractivity contribution is 7.99. The number of nitrogens with zero attached hydrogens (tertiary/aromatic N) is 1. The molecule has 0 aromatic rings. The van der Waals surface area contributed by atoms with Crippen molar-refractivity contribution in [3.8, 4) is 0 Å². The van der Waals surface area contributed by atoms with Crippen molar-refractivity contribution < 1.29 is 14.7 Å². The third kappa shape index (κ3) is 2.04. The van der Waals surface area contributed by atoms with Crippen molar-refractivity contribution in [1.29, 1.82) is 0 Å². The second kappa shape index (κ2) is 4.63. The van der Waals surface area contributed by atoms with Gasteiger partial charge in [0.1, 0.15) is 6.04 Å². The first-order valence-corrected chi connectivity index (χ1v) is 6.58. The van der Waals surface area contributed by atoms with Crippen LogP contribution in [-0.2, 0) is 9.59 Å². The molecule has 0 aromatic carbocycles. The molecular weight excluding hydrogens is 228 g/mol. The van der Waals surface area contributed by atoms with Gasteiger partial charge in [-0.15, -0.1) is 11.8 Å². The van der Waals surface area contributed by atoms with E-state index < -0.39 is 18.1 Å².